The maximum absolute atomic E-state index is 12.2. The Bertz CT molecular complexity index is 470. The average Bonchev–Trinajstić information content (AvgIpc) is 2.42. The van der Waals surface area contributed by atoms with Gasteiger partial charge in [-0.2, -0.15) is 0 Å². The summed E-state index contributed by atoms with van der Waals surface area (Å²) in [6.07, 6.45) is 3.81. The van der Waals surface area contributed by atoms with Crippen LogP contribution in [0.3, 0.4) is 0 Å². The highest BCUT2D eigenvalue weighted by Crippen LogP contribution is 2.27. The first-order valence-corrected chi connectivity index (χ1v) is 6.78. The number of hydrogen-bond acceptors (Lipinski definition) is 2. The number of fused-ring (bicyclic) bond motifs is 1. The number of anilines is 1. The molecule has 1 aromatic rings. The number of benzene rings is 1. The van der Waals surface area contributed by atoms with Gasteiger partial charge in [0.05, 0.1) is 0 Å². The third-order valence-electron chi connectivity index (χ3n) is 3.44. The summed E-state index contributed by atoms with van der Waals surface area (Å²) in [5.41, 5.74) is 2.25. The third-order valence-corrected chi connectivity index (χ3v) is 3.44. The molecular weight excluding hydrogens is 242 g/mol. The number of unbranched alkanes of at least 4 members (excludes halogenated alkanes) is 1. The molecule has 0 bridgehead atoms. The highest BCUT2D eigenvalue weighted by Gasteiger charge is 2.21. The van der Waals surface area contributed by atoms with Gasteiger partial charge in [-0.05, 0) is 37.3 Å². The molecule has 1 aliphatic rings. The molecule has 0 fully saturated rings. The van der Waals surface area contributed by atoms with Crippen molar-refractivity contribution in [1.82, 2.24) is 0 Å². The van der Waals surface area contributed by atoms with Crippen LogP contribution in [0.1, 0.15) is 37.7 Å². The quantitative estimate of drug-likeness (QED) is 0.829. The summed E-state index contributed by atoms with van der Waals surface area (Å²) in [6, 6.07) is 8.01. The molecule has 0 radical (unpaired) electrons. The van der Waals surface area contributed by atoms with Gasteiger partial charge in [0.15, 0.2) is 0 Å². The van der Waals surface area contributed by atoms with Crippen LogP contribution >= 0.6 is 0 Å². The summed E-state index contributed by atoms with van der Waals surface area (Å²) in [5.74, 6) is -0.687. The van der Waals surface area contributed by atoms with Gasteiger partial charge >= 0.3 is 5.97 Å². The molecule has 0 saturated carbocycles. The first kappa shape index (κ1) is 13.6. The third kappa shape index (κ3) is 3.56. The van der Waals surface area contributed by atoms with Crippen molar-refractivity contribution in [2.24, 2.45) is 0 Å². The molecule has 4 nitrogen and oxygen atoms in total. The van der Waals surface area contributed by atoms with Gasteiger partial charge in [0.25, 0.3) is 0 Å². The molecule has 1 aliphatic heterocycles. The molecule has 1 aromatic carbocycles. The minimum atomic E-state index is -0.796. The maximum Gasteiger partial charge on any atom is 0.303 e. The number of carbonyl (C=O) groups is 2. The van der Waals surface area contributed by atoms with Crippen LogP contribution in [-0.4, -0.2) is 23.5 Å². The van der Waals surface area contributed by atoms with Gasteiger partial charge in [0.1, 0.15) is 0 Å². The summed E-state index contributed by atoms with van der Waals surface area (Å²) in [5, 5.41) is 8.56. The molecule has 4 heteroatoms. The first-order valence-electron chi connectivity index (χ1n) is 6.78. The molecule has 0 unspecified atom stereocenters. The number of rotatable bonds is 5. The fourth-order valence-electron chi connectivity index (χ4n) is 2.48. The molecule has 0 aliphatic carbocycles. The van der Waals surface area contributed by atoms with Crippen molar-refractivity contribution in [3.63, 3.8) is 0 Å². The molecule has 0 saturated heterocycles. The zero-order valence-corrected chi connectivity index (χ0v) is 11.0. The zero-order valence-electron chi connectivity index (χ0n) is 11.0. The fourth-order valence-corrected chi connectivity index (χ4v) is 2.48. The van der Waals surface area contributed by atoms with Crippen LogP contribution < -0.4 is 4.90 Å². The van der Waals surface area contributed by atoms with E-state index in [1.807, 2.05) is 23.1 Å². The van der Waals surface area contributed by atoms with E-state index < -0.39 is 5.97 Å². The second-order valence-electron chi connectivity index (χ2n) is 4.88. The second-order valence-corrected chi connectivity index (χ2v) is 4.88. The first-order chi connectivity index (χ1) is 9.18. The van der Waals surface area contributed by atoms with Gasteiger partial charge in [-0.3, -0.25) is 9.59 Å². The molecule has 0 spiro atoms. The molecular formula is C15H19NO3. The van der Waals surface area contributed by atoms with Crippen LogP contribution in [-0.2, 0) is 16.0 Å². The predicted molar refractivity (Wildman–Crippen MR) is 73.2 cm³/mol. The van der Waals surface area contributed by atoms with E-state index in [-0.39, 0.29) is 12.3 Å². The van der Waals surface area contributed by atoms with Crippen LogP contribution in [0.4, 0.5) is 5.69 Å². The standard InChI is InChI=1S/C15H19NO3/c17-14(9-3-4-10-15(18)19)16-11-5-7-12-6-1-2-8-13(12)16/h1-2,6,8H,3-5,7,9-11H2,(H,18,19). The number of aliphatic carboxylic acids is 1. The van der Waals surface area contributed by atoms with Gasteiger partial charge in [-0.25, -0.2) is 0 Å². The Labute approximate surface area is 113 Å². The van der Waals surface area contributed by atoms with E-state index in [1.165, 1.54) is 5.56 Å². The van der Waals surface area contributed by atoms with Gasteiger partial charge in [-0.1, -0.05) is 18.2 Å². The number of hydrogen-bond donors (Lipinski definition) is 1. The van der Waals surface area contributed by atoms with Crippen molar-refractivity contribution in [3.8, 4) is 0 Å². The number of amides is 1. The van der Waals surface area contributed by atoms with Crippen LogP contribution in [0.15, 0.2) is 24.3 Å². The van der Waals surface area contributed by atoms with Gasteiger partial charge < -0.3 is 10.0 Å². The minimum Gasteiger partial charge on any atom is -0.481 e. The lowest BCUT2D eigenvalue weighted by Gasteiger charge is -2.29. The average molecular weight is 261 g/mol. The van der Waals surface area contributed by atoms with E-state index in [0.717, 1.165) is 25.1 Å². The molecule has 0 aromatic heterocycles. The lowest BCUT2D eigenvalue weighted by molar-refractivity contribution is -0.137. The van der Waals surface area contributed by atoms with Crippen molar-refractivity contribution in [2.75, 3.05) is 11.4 Å². The molecule has 19 heavy (non-hydrogen) atoms. The second kappa shape index (κ2) is 6.36. The molecule has 0 atom stereocenters. The van der Waals surface area contributed by atoms with E-state index in [1.54, 1.807) is 0 Å². The normalized spacial score (nSPS) is 14.0. The summed E-state index contributed by atoms with van der Waals surface area (Å²) in [7, 11) is 0. The molecule has 1 N–H and O–H groups in total. The lowest BCUT2D eigenvalue weighted by Crippen LogP contribution is -2.35. The van der Waals surface area contributed by atoms with Crippen molar-refractivity contribution in [1.29, 1.82) is 0 Å². The SMILES string of the molecule is O=C(O)CCCCC(=O)N1CCCc2ccccc21. The van der Waals surface area contributed by atoms with Crippen molar-refractivity contribution in [2.45, 2.75) is 38.5 Å². The number of carbonyl (C=O) groups excluding carboxylic acids is 1. The molecule has 1 heterocycles. The van der Waals surface area contributed by atoms with Gasteiger partial charge in [0, 0.05) is 25.1 Å². The summed E-state index contributed by atoms with van der Waals surface area (Å²) < 4.78 is 0. The van der Waals surface area contributed by atoms with Crippen molar-refractivity contribution in [3.05, 3.63) is 29.8 Å². The van der Waals surface area contributed by atoms with Crippen LogP contribution in [0.5, 0.6) is 0 Å². The summed E-state index contributed by atoms with van der Waals surface area (Å²) >= 11 is 0. The Morgan fingerprint density at radius 3 is 2.68 bits per heavy atom. The zero-order chi connectivity index (χ0) is 13.7. The Morgan fingerprint density at radius 1 is 1.16 bits per heavy atom. The summed E-state index contributed by atoms with van der Waals surface area (Å²) in [6.45, 7) is 0.773. The predicted octanol–water partition coefficient (Wildman–Crippen LogP) is 2.61. The molecule has 1 amide bonds. The molecule has 2 rings (SSSR count). The van der Waals surface area contributed by atoms with E-state index >= 15 is 0 Å². The van der Waals surface area contributed by atoms with Gasteiger partial charge in [-0.15, -0.1) is 0 Å². The van der Waals surface area contributed by atoms with Crippen molar-refractivity contribution < 1.29 is 14.7 Å². The number of carboxylic acids is 1. The Hall–Kier alpha value is -1.84. The molecule has 102 valence electrons. The fraction of sp³-hybridized carbons (Fsp3) is 0.467. The van der Waals surface area contributed by atoms with Crippen LogP contribution in [0.25, 0.3) is 0 Å². The Morgan fingerprint density at radius 2 is 1.89 bits per heavy atom. The maximum atomic E-state index is 12.2. The van der Waals surface area contributed by atoms with Crippen molar-refractivity contribution >= 4 is 17.6 Å². The number of para-hydroxylation sites is 1. The van der Waals surface area contributed by atoms with E-state index in [4.69, 9.17) is 5.11 Å². The van der Waals surface area contributed by atoms with E-state index in [0.29, 0.717) is 19.3 Å². The van der Waals surface area contributed by atoms with E-state index in [9.17, 15) is 9.59 Å². The van der Waals surface area contributed by atoms with Crippen LogP contribution in [0.2, 0.25) is 0 Å². The number of carboxylic acid groups (broad SMARTS) is 1. The highest BCUT2D eigenvalue weighted by atomic mass is 16.4. The smallest absolute Gasteiger partial charge is 0.303 e. The summed E-state index contributed by atoms with van der Waals surface area (Å²) in [4.78, 5) is 24.4. The number of nitrogens with zero attached hydrogens (tertiary/aromatic N) is 1. The highest BCUT2D eigenvalue weighted by molar-refractivity contribution is 5.94. The Balaban J connectivity index is 1.92. The lowest BCUT2D eigenvalue weighted by atomic mass is 10.0. The number of aryl methyl sites for hydroxylation is 1. The minimum absolute atomic E-state index is 0.109. The Kier molecular flexibility index (Phi) is 4.55. The van der Waals surface area contributed by atoms with Crippen LogP contribution in [0, 0.1) is 0 Å². The van der Waals surface area contributed by atoms with E-state index in [2.05, 4.69) is 6.07 Å². The monoisotopic (exact) mass is 261 g/mol. The largest absolute Gasteiger partial charge is 0.481 e. The topological polar surface area (TPSA) is 57.6 Å². The van der Waals surface area contributed by atoms with Gasteiger partial charge in [0.2, 0.25) is 5.91 Å².